The van der Waals surface area contributed by atoms with Gasteiger partial charge in [-0.3, -0.25) is 5.41 Å². The lowest BCUT2D eigenvalue weighted by molar-refractivity contribution is 0.0400. The third kappa shape index (κ3) is 5.29. The second-order valence-corrected chi connectivity index (χ2v) is 9.18. The molecule has 30 heavy (non-hydrogen) atoms. The van der Waals surface area contributed by atoms with E-state index in [2.05, 4.69) is 4.90 Å². The average Bonchev–Trinajstić information content (AvgIpc) is 3.26. The minimum atomic E-state index is -0.443. The number of ether oxygens (including phenoxy) is 2. The number of nitrogens with zero attached hydrogens (tertiary/aromatic N) is 1. The Kier molecular flexibility index (Phi) is 6.86. The predicted molar refractivity (Wildman–Crippen MR) is 116 cm³/mol. The van der Waals surface area contributed by atoms with Crippen molar-refractivity contribution in [2.45, 2.75) is 31.8 Å². The van der Waals surface area contributed by atoms with E-state index in [1.54, 1.807) is 0 Å². The van der Waals surface area contributed by atoms with Gasteiger partial charge in [0, 0.05) is 37.9 Å². The minimum absolute atomic E-state index is 0.0356. The van der Waals surface area contributed by atoms with E-state index >= 15 is 0 Å². The Morgan fingerprint density at radius 2 is 2.00 bits per heavy atom. The second kappa shape index (κ2) is 9.58. The smallest absolute Gasteiger partial charge is 0.206 e. The van der Waals surface area contributed by atoms with E-state index in [0.29, 0.717) is 28.3 Å². The molecule has 0 radical (unpaired) electrons. The van der Waals surface area contributed by atoms with Gasteiger partial charge in [0.05, 0.1) is 17.3 Å². The molecule has 1 aliphatic carbocycles. The van der Waals surface area contributed by atoms with Crippen molar-refractivity contribution in [3.63, 3.8) is 0 Å². The van der Waals surface area contributed by atoms with E-state index in [-0.39, 0.29) is 17.7 Å². The van der Waals surface area contributed by atoms with Gasteiger partial charge in [-0.1, -0.05) is 11.6 Å². The largest absolute Gasteiger partial charge is 0.475 e. The fourth-order valence-electron chi connectivity index (χ4n) is 5.07. The maximum Gasteiger partial charge on any atom is 0.206 e. The van der Waals surface area contributed by atoms with Crippen LogP contribution in [0.25, 0.3) is 0 Å². The van der Waals surface area contributed by atoms with Crippen molar-refractivity contribution < 1.29 is 13.9 Å². The molecule has 2 N–H and O–H groups in total. The third-order valence-electron chi connectivity index (χ3n) is 6.47. The van der Waals surface area contributed by atoms with Gasteiger partial charge in [0.15, 0.2) is 0 Å². The lowest BCUT2D eigenvalue weighted by Crippen LogP contribution is -2.33. The molecule has 4 atom stereocenters. The molecular formula is C23H29ClFN3O2. The summed E-state index contributed by atoms with van der Waals surface area (Å²) >= 11 is 6.03. The van der Waals surface area contributed by atoms with Crippen LogP contribution in [0.3, 0.4) is 0 Å². The Morgan fingerprint density at radius 3 is 2.70 bits per heavy atom. The zero-order valence-electron chi connectivity index (χ0n) is 17.1. The van der Waals surface area contributed by atoms with Crippen LogP contribution in [-0.2, 0) is 9.47 Å². The number of fused-ring (bicyclic) bond motifs is 1. The van der Waals surface area contributed by atoms with E-state index in [9.17, 15) is 4.39 Å². The zero-order valence-corrected chi connectivity index (χ0v) is 17.8. The van der Waals surface area contributed by atoms with E-state index < -0.39 is 5.82 Å². The van der Waals surface area contributed by atoms with Gasteiger partial charge in [-0.05, 0) is 67.7 Å². The van der Waals surface area contributed by atoms with Gasteiger partial charge >= 0.3 is 0 Å². The number of allylic oxidation sites excluding steroid dienone is 1. The maximum absolute atomic E-state index is 13.4. The molecule has 3 aliphatic rings. The average molecular weight is 434 g/mol. The Balaban J connectivity index is 1.22. The standard InChI is InChI=1S/C23H29ClFN3O2/c24-21-4-3-18(25)10-20(21)22(26)5-6-23(27)30-19-8-16-12-28(13-17(16)9-19)11-15-2-1-7-29-14-15/h3-6,10,15-17,19,26-27H,1-2,7-9,11-14H2/b6-5-,26-22?,27-23?/t15?,16-,17?,19?/m0/s1. The van der Waals surface area contributed by atoms with Crippen molar-refractivity contribution in [1.29, 1.82) is 10.8 Å². The lowest BCUT2D eigenvalue weighted by atomic mass is 10.0. The molecule has 162 valence electrons. The first-order chi connectivity index (χ1) is 14.5. The Morgan fingerprint density at radius 1 is 1.23 bits per heavy atom. The molecule has 0 amide bonds. The molecule has 1 saturated carbocycles. The van der Waals surface area contributed by atoms with Crippen LogP contribution >= 0.6 is 11.6 Å². The molecule has 1 aromatic carbocycles. The van der Waals surface area contributed by atoms with Crippen molar-refractivity contribution in [3.05, 3.63) is 46.8 Å². The number of benzene rings is 1. The first kappa shape index (κ1) is 21.5. The molecule has 2 heterocycles. The lowest BCUT2D eigenvalue weighted by Gasteiger charge is -2.27. The highest BCUT2D eigenvalue weighted by molar-refractivity contribution is 6.34. The van der Waals surface area contributed by atoms with Crippen LogP contribution in [0, 0.1) is 34.4 Å². The van der Waals surface area contributed by atoms with Crippen LogP contribution in [0.15, 0.2) is 30.4 Å². The summed E-state index contributed by atoms with van der Waals surface area (Å²) in [7, 11) is 0. The van der Waals surface area contributed by atoms with Crippen molar-refractivity contribution in [2.75, 3.05) is 32.8 Å². The molecule has 1 aromatic rings. The summed E-state index contributed by atoms with van der Waals surface area (Å²) < 4.78 is 24.8. The SMILES string of the molecule is N=C(/C=C\C(=N)c1cc(F)ccc1Cl)OC1CC2CN(CC3CCCOC3)C[C@@H]2C1. The Hall–Kier alpha value is -1.76. The topological polar surface area (TPSA) is 69.4 Å². The number of rotatable bonds is 6. The molecule has 0 bridgehead atoms. The zero-order chi connectivity index (χ0) is 21.1. The molecule has 2 saturated heterocycles. The van der Waals surface area contributed by atoms with E-state index in [1.807, 2.05) is 0 Å². The Bertz CT molecular complexity index is 811. The summed E-state index contributed by atoms with van der Waals surface area (Å²) in [5.41, 5.74) is 0.359. The molecule has 7 heteroatoms. The summed E-state index contributed by atoms with van der Waals surface area (Å²) in [5, 5.41) is 16.5. The van der Waals surface area contributed by atoms with Gasteiger partial charge < -0.3 is 19.8 Å². The van der Waals surface area contributed by atoms with Gasteiger partial charge in [0.2, 0.25) is 5.90 Å². The van der Waals surface area contributed by atoms with Crippen LogP contribution < -0.4 is 0 Å². The quantitative estimate of drug-likeness (QED) is 0.511. The molecule has 3 fully saturated rings. The molecule has 4 rings (SSSR count). The first-order valence-electron chi connectivity index (χ1n) is 10.8. The third-order valence-corrected chi connectivity index (χ3v) is 6.80. The van der Waals surface area contributed by atoms with Crippen molar-refractivity contribution in [2.24, 2.45) is 17.8 Å². The normalized spacial score (nSPS) is 29.3. The Labute approximate surface area is 182 Å². The van der Waals surface area contributed by atoms with Crippen LogP contribution in [0.2, 0.25) is 5.02 Å². The summed E-state index contributed by atoms with van der Waals surface area (Å²) in [6, 6.07) is 3.91. The van der Waals surface area contributed by atoms with Gasteiger partial charge in [-0.25, -0.2) is 4.39 Å². The highest BCUT2D eigenvalue weighted by Crippen LogP contribution is 2.40. The van der Waals surface area contributed by atoms with Crippen LogP contribution in [0.4, 0.5) is 4.39 Å². The van der Waals surface area contributed by atoms with E-state index in [1.165, 1.54) is 43.2 Å². The number of halogens is 2. The summed E-state index contributed by atoms with van der Waals surface area (Å²) in [5.74, 6) is 1.54. The van der Waals surface area contributed by atoms with Crippen LogP contribution in [0.5, 0.6) is 0 Å². The van der Waals surface area contributed by atoms with Crippen molar-refractivity contribution in [1.82, 2.24) is 4.90 Å². The molecule has 0 spiro atoms. The van der Waals surface area contributed by atoms with Crippen molar-refractivity contribution >= 4 is 23.2 Å². The number of likely N-dealkylation sites (tertiary alicyclic amines) is 1. The van der Waals surface area contributed by atoms with Crippen molar-refractivity contribution in [3.8, 4) is 0 Å². The number of hydrogen-bond acceptors (Lipinski definition) is 5. The van der Waals surface area contributed by atoms with E-state index in [4.69, 9.17) is 31.9 Å². The van der Waals surface area contributed by atoms with Gasteiger partial charge in [-0.2, -0.15) is 0 Å². The summed E-state index contributed by atoms with van der Waals surface area (Å²) in [4.78, 5) is 2.58. The molecular weight excluding hydrogens is 405 g/mol. The summed E-state index contributed by atoms with van der Waals surface area (Å²) in [6.45, 7) is 5.19. The number of hydrogen-bond donors (Lipinski definition) is 2. The fourth-order valence-corrected chi connectivity index (χ4v) is 5.29. The van der Waals surface area contributed by atoms with E-state index in [0.717, 1.165) is 45.7 Å². The maximum atomic E-state index is 13.4. The summed E-state index contributed by atoms with van der Waals surface area (Å²) in [6.07, 6.45) is 7.36. The minimum Gasteiger partial charge on any atom is -0.475 e. The highest BCUT2D eigenvalue weighted by atomic mass is 35.5. The second-order valence-electron chi connectivity index (χ2n) is 8.77. The predicted octanol–water partition coefficient (Wildman–Crippen LogP) is 4.53. The molecule has 5 nitrogen and oxygen atoms in total. The number of nitrogens with one attached hydrogen (secondary N) is 2. The highest BCUT2D eigenvalue weighted by Gasteiger charge is 2.42. The van der Waals surface area contributed by atoms with Gasteiger partial charge in [-0.15, -0.1) is 0 Å². The van der Waals surface area contributed by atoms with Gasteiger partial charge in [0.1, 0.15) is 11.9 Å². The molecule has 0 aromatic heterocycles. The molecule has 2 aliphatic heterocycles. The van der Waals surface area contributed by atoms with Crippen LogP contribution in [0.1, 0.15) is 31.2 Å². The molecule has 3 unspecified atom stereocenters. The monoisotopic (exact) mass is 433 g/mol. The van der Waals surface area contributed by atoms with Crippen LogP contribution in [-0.4, -0.2) is 55.5 Å². The first-order valence-corrected chi connectivity index (χ1v) is 11.1. The van der Waals surface area contributed by atoms with Gasteiger partial charge in [0.25, 0.3) is 0 Å². The fraction of sp³-hybridized carbons (Fsp3) is 0.565.